The third-order valence-corrected chi connectivity index (χ3v) is 21.9. The Morgan fingerprint density at radius 3 is 1.24 bits per heavy atom. The van der Waals surface area contributed by atoms with E-state index in [9.17, 15) is 38.4 Å². The molecule has 546 valence electrons. The Hall–Kier alpha value is -4.86. The molecule has 24 atom stereocenters. The van der Waals surface area contributed by atoms with Gasteiger partial charge in [-0.05, 0) is 142 Å². The zero-order valence-electron chi connectivity index (χ0n) is 63.0. The van der Waals surface area contributed by atoms with Gasteiger partial charge in [-0.1, -0.05) is 101 Å². The van der Waals surface area contributed by atoms with Crippen LogP contribution in [0.25, 0.3) is 0 Å². The number of carbonyl (C=O) groups is 8. The molecule has 2 N–H and O–H groups in total. The van der Waals surface area contributed by atoms with E-state index in [0.29, 0.717) is 19.3 Å². The fraction of sp³-hybridized carbons (Fsp3) is 0.838. The Labute approximate surface area is 574 Å². The Morgan fingerprint density at radius 1 is 0.521 bits per heavy atom. The molecule has 6 heterocycles. The van der Waals surface area contributed by atoms with Crippen LogP contribution in [0, 0.1) is 70.0 Å². The van der Waals surface area contributed by atoms with Crippen LogP contribution in [-0.4, -0.2) is 194 Å². The SMILES string of the molecule is CC/C=C\CO[C@@]1(C)C[C@@H](C)C(=O)[C@H](C)[C@H]2NC(=O)O[C@]2(C)[C@@H](CC)OC(=O)C(C)(C)C(=O)[C@H](C)[C@H]1O[C@@H]1O[C@H](C)C[C@H](N(C)C)[C@H]1C.CCC#CCO[C@@]1(C)C[C@@H](C)C(=O)[C@H](C)[C@H]2NC(=O)O[C@]2(C)[C@@H](CC)OC(=O)C(C)(C)C(=O)[C@H](C)[C@H]1O[C@@H]1O[C@H](C)C[C@H](N(C)C)[C@H]1C. The van der Waals surface area contributed by atoms with Crippen LogP contribution in [0.15, 0.2) is 12.2 Å². The number of carbonyl (C=O) groups excluding carboxylic acids is 8. The molecule has 96 heavy (non-hydrogen) atoms. The van der Waals surface area contributed by atoms with E-state index in [-0.39, 0.29) is 79.5 Å². The molecule has 0 radical (unpaired) electrons. The lowest BCUT2D eigenvalue weighted by Crippen LogP contribution is -2.60. The van der Waals surface area contributed by atoms with E-state index in [1.807, 2.05) is 110 Å². The number of allylic oxidation sites excluding steroid dienone is 1. The van der Waals surface area contributed by atoms with Gasteiger partial charge in [0.15, 0.2) is 35.3 Å². The molecular weight excluding hydrogens is 1230 g/mol. The maximum atomic E-state index is 14.6. The second kappa shape index (κ2) is 33.1. The molecule has 0 aromatic carbocycles. The fourth-order valence-electron chi connectivity index (χ4n) is 16.1. The molecule has 6 saturated heterocycles. The van der Waals surface area contributed by atoms with Gasteiger partial charge in [0.2, 0.25) is 0 Å². The molecule has 0 aliphatic carbocycles. The predicted molar refractivity (Wildman–Crippen MR) is 363 cm³/mol. The Morgan fingerprint density at radius 2 is 0.896 bits per heavy atom. The minimum Gasteiger partial charge on any atom is -0.457 e. The molecule has 0 saturated carbocycles. The molecule has 6 aliphatic heterocycles. The first-order valence-electron chi connectivity index (χ1n) is 35.4. The average molecular weight is 1360 g/mol. The lowest BCUT2D eigenvalue weighted by molar-refractivity contribution is -0.282. The topological polar surface area (TPSA) is 259 Å². The summed E-state index contributed by atoms with van der Waals surface area (Å²) >= 11 is 0. The van der Waals surface area contributed by atoms with Crippen molar-refractivity contribution in [2.75, 3.05) is 41.4 Å². The first-order valence-corrected chi connectivity index (χ1v) is 35.4. The van der Waals surface area contributed by atoms with E-state index in [4.69, 9.17) is 47.4 Å². The molecule has 0 spiro atoms. The highest BCUT2D eigenvalue weighted by atomic mass is 16.7. The van der Waals surface area contributed by atoms with Crippen molar-refractivity contribution in [2.45, 2.75) is 299 Å². The van der Waals surface area contributed by atoms with Crippen LogP contribution in [0.2, 0.25) is 0 Å². The maximum absolute atomic E-state index is 14.6. The van der Waals surface area contributed by atoms with Crippen molar-refractivity contribution in [2.24, 2.45) is 58.2 Å². The molecule has 0 aromatic rings. The van der Waals surface area contributed by atoms with E-state index in [0.717, 1.165) is 19.3 Å². The summed E-state index contributed by atoms with van der Waals surface area (Å²) < 4.78 is 63.5. The Bertz CT molecular complexity index is 2830. The number of esters is 2. The van der Waals surface area contributed by atoms with Crippen molar-refractivity contribution < 1.29 is 85.7 Å². The van der Waals surface area contributed by atoms with Crippen molar-refractivity contribution in [3.8, 4) is 11.8 Å². The van der Waals surface area contributed by atoms with E-state index in [1.165, 1.54) is 0 Å². The number of rotatable bonds is 14. The van der Waals surface area contributed by atoms with Gasteiger partial charge in [0, 0.05) is 65.8 Å². The van der Waals surface area contributed by atoms with Crippen LogP contribution in [0.5, 0.6) is 0 Å². The highest BCUT2D eigenvalue weighted by Crippen LogP contribution is 2.46. The fourth-order valence-corrected chi connectivity index (χ4v) is 16.1. The summed E-state index contributed by atoms with van der Waals surface area (Å²) in [5.41, 5.74) is -8.27. The summed E-state index contributed by atoms with van der Waals surface area (Å²) in [4.78, 5) is 115. The molecule has 0 unspecified atom stereocenters. The Kier molecular flexibility index (Phi) is 28.2. The second-order valence-electron chi connectivity index (χ2n) is 31.0. The molecule has 22 nitrogen and oxygen atoms in total. The van der Waals surface area contributed by atoms with Gasteiger partial charge in [-0.25, -0.2) is 9.59 Å². The van der Waals surface area contributed by atoms with Crippen molar-refractivity contribution in [1.82, 2.24) is 20.4 Å². The standard InChI is InChI=1S/C37H62N2O9.C37H60N2O9/c2*1-14-16-17-18-44-36(10)20-21(3)28(40)24(6)29-37(11,48-34(43)38-29)27(15-2)46-33(42)35(8,9)30(41)25(7)31(36)47-32-23(5)26(39(12)13)19-22(4)45-32/h16-17,21-27,29,31-32H,14-15,18-20H2,1-13H3,(H,38,43);21-27,29,31-32H,14-15,18-20H2,1-13H3,(H,38,43)/b17-16-;/t2*21-,22-,23-,24+,25+,26+,27-,29-,31-,32+,36+,37-/m11/s1. The number of cyclic esters (lactones) is 2. The van der Waals surface area contributed by atoms with Crippen LogP contribution in [-0.2, 0) is 76.1 Å². The van der Waals surface area contributed by atoms with E-state index < -0.39 is 148 Å². The van der Waals surface area contributed by atoms with Crippen LogP contribution >= 0.6 is 0 Å². The number of nitrogens with one attached hydrogen (secondary N) is 2. The van der Waals surface area contributed by atoms with Gasteiger partial charge in [-0.2, -0.15) is 0 Å². The number of nitrogens with zero attached hydrogens (tertiary/aromatic N) is 2. The van der Waals surface area contributed by atoms with Gasteiger partial charge in [0.05, 0.1) is 54.3 Å². The van der Waals surface area contributed by atoms with E-state index in [2.05, 4.69) is 46.1 Å². The minimum absolute atomic E-state index is 0.0492. The normalized spacial score (nSPS) is 41.2. The number of alkyl carbamates (subject to hydrolysis) is 2. The van der Waals surface area contributed by atoms with Crippen molar-refractivity contribution in [3.05, 3.63) is 12.2 Å². The molecule has 22 heteroatoms. The Balaban J connectivity index is 0.000000347. The molecule has 6 aliphatic rings. The summed E-state index contributed by atoms with van der Waals surface area (Å²) in [6, 6.07) is -1.23. The van der Waals surface area contributed by atoms with Crippen LogP contribution in [0.3, 0.4) is 0 Å². The smallest absolute Gasteiger partial charge is 0.408 e. The van der Waals surface area contributed by atoms with Gasteiger partial charge < -0.3 is 67.8 Å². The highest BCUT2D eigenvalue weighted by molar-refractivity contribution is 6.05. The van der Waals surface area contributed by atoms with Crippen molar-refractivity contribution >= 4 is 47.3 Å². The molecule has 6 fully saturated rings. The number of hydrogen-bond donors (Lipinski definition) is 2. The third kappa shape index (κ3) is 17.8. The first-order chi connectivity index (χ1) is 44.5. The highest BCUT2D eigenvalue weighted by Gasteiger charge is 2.61. The summed E-state index contributed by atoms with van der Waals surface area (Å²) in [5, 5.41) is 5.63. The number of amides is 2. The summed E-state index contributed by atoms with van der Waals surface area (Å²) in [5.74, 6) is -0.890. The monoisotopic (exact) mass is 1350 g/mol. The number of fused-ring (bicyclic) bond motifs is 2. The molecule has 0 bridgehead atoms. The van der Waals surface area contributed by atoms with Gasteiger partial charge in [-0.15, -0.1) is 5.92 Å². The second-order valence-corrected chi connectivity index (χ2v) is 31.0. The number of hydrogen-bond acceptors (Lipinski definition) is 20. The predicted octanol–water partition coefficient (Wildman–Crippen LogP) is 10.4. The number of ketones is 4. The molecule has 6 rings (SSSR count). The summed E-state index contributed by atoms with van der Waals surface area (Å²) in [7, 11) is 8.12. The van der Waals surface area contributed by atoms with Gasteiger partial charge >= 0.3 is 24.1 Å². The number of ether oxygens (including phenoxy) is 10. The molecule has 0 aromatic heterocycles. The van der Waals surface area contributed by atoms with E-state index in [1.54, 1.807) is 69.2 Å². The lowest BCUT2D eigenvalue weighted by Gasteiger charge is -2.48. The van der Waals surface area contributed by atoms with Crippen LogP contribution in [0.1, 0.15) is 204 Å². The minimum atomic E-state index is -1.60. The van der Waals surface area contributed by atoms with Gasteiger partial charge in [-0.3, -0.25) is 28.8 Å². The number of Topliss-reactive ketones (excluding diaryl/α,β-unsaturated/α-hetero) is 4. The van der Waals surface area contributed by atoms with Gasteiger partial charge in [0.25, 0.3) is 0 Å². The largest absolute Gasteiger partial charge is 0.457 e. The van der Waals surface area contributed by atoms with Gasteiger partial charge in [0.1, 0.15) is 41.2 Å². The maximum Gasteiger partial charge on any atom is 0.408 e. The quantitative estimate of drug-likeness (QED) is 0.0538. The zero-order valence-corrected chi connectivity index (χ0v) is 63.0. The van der Waals surface area contributed by atoms with E-state index >= 15 is 0 Å². The van der Waals surface area contributed by atoms with Crippen LogP contribution < -0.4 is 10.6 Å². The first kappa shape index (κ1) is 81.8. The van der Waals surface area contributed by atoms with Crippen LogP contribution in [0.4, 0.5) is 9.59 Å². The van der Waals surface area contributed by atoms with Crippen molar-refractivity contribution in [3.63, 3.8) is 0 Å². The third-order valence-electron chi connectivity index (χ3n) is 21.9. The summed E-state index contributed by atoms with van der Waals surface area (Å²) in [6.07, 6.45) is 1.40. The molecular formula is C74H122N4O18. The lowest BCUT2D eigenvalue weighted by atomic mass is 9.71. The zero-order chi connectivity index (χ0) is 72.7. The average Bonchev–Trinajstić information content (AvgIpc) is 1.55. The van der Waals surface area contributed by atoms with Crippen molar-refractivity contribution in [1.29, 1.82) is 0 Å². The molecule has 2 amide bonds. The summed E-state index contributed by atoms with van der Waals surface area (Å²) in [6.45, 7) is 40.0.